The third-order valence-corrected chi connectivity index (χ3v) is 7.79. The third-order valence-electron chi connectivity index (χ3n) is 5.88. The van der Waals surface area contributed by atoms with Gasteiger partial charge in [-0.25, -0.2) is 8.42 Å². The highest BCUT2D eigenvalue weighted by Crippen LogP contribution is 2.20. The molecule has 0 aliphatic carbocycles. The first kappa shape index (κ1) is 24.4. The third kappa shape index (κ3) is 5.70. The topological polar surface area (TPSA) is 98.8 Å². The largest absolute Gasteiger partial charge is 0.373 e. The second-order valence-electron chi connectivity index (χ2n) is 8.27. The van der Waals surface area contributed by atoms with E-state index in [-0.39, 0.29) is 29.8 Å². The molecule has 1 aliphatic rings. The highest BCUT2D eigenvalue weighted by Gasteiger charge is 2.31. The SMILES string of the molecule is C[C@@H](Nc1ccccc1C(=O)Nc1ccccc1)C(=O)N1CCN(S(=O)(=O)c2ccccc2)CC1. The van der Waals surface area contributed by atoms with Gasteiger partial charge in [-0.2, -0.15) is 4.31 Å². The summed E-state index contributed by atoms with van der Waals surface area (Å²) in [6.07, 6.45) is 0. The maximum absolute atomic E-state index is 13.1. The summed E-state index contributed by atoms with van der Waals surface area (Å²) in [5.41, 5.74) is 1.65. The molecule has 0 aromatic heterocycles. The Bertz CT molecular complexity index is 1270. The maximum Gasteiger partial charge on any atom is 0.257 e. The van der Waals surface area contributed by atoms with Crippen molar-refractivity contribution in [3.05, 3.63) is 90.5 Å². The fourth-order valence-corrected chi connectivity index (χ4v) is 5.43. The predicted molar refractivity (Wildman–Crippen MR) is 136 cm³/mol. The second-order valence-corrected chi connectivity index (χ2v) is 10.2. The van der Waals surface area contributed by atoms with E-state index >= 15 is 0 Å². The Hall–Kier alpha value is -3.69. The highest BCUT2D eigenvalue weighted by atomic mass is 32.2. The van der Waals surface area contributed by atoms with Crippen LogP contribution in [0.1, 0.15) is 17.3 Å². The molecule has 0 saturated carbocycles. The standard InChI is InChI=1S/C26H28N4O4S/c1-20(27-24-15-9-8-14-23(24)25(31)28-21-10-4-2-5-11-21)26(32)29-16-18-30(19-17-29)35(33,34)22-12-6-3-7-13-22/h2-15,20,27H,16-19H2,1H3,(H,28,31)/t20-/m1/s1. The lowest BCUT2D eigenvalue weighted by molar-refractivity contribution is -0.132. The quantitative estimate of drug-likeness (QED) is 0.528. The normalized spacial score (nSPS) is 15.3. The highest BCUT2D eigenvalue weighted by molar-refractivity contribution is 7.89. The van der Waals surface area contributed by atoms with Gasteiger partial charge in [0.1, 0.15) is 6.04 Å². The van der Waals surface area contributed by atoms with Crippen molar-refractivity contribution in [2.24, 2.45) is 0 Å². The van der Waals surface area contributed by atoms with E-state index in [2.05, 4.69) is 10.6 Å². The van der Waals surface area contributed by atoms with E-state index in [0.29, 0.717) is 30.0 Å². The van der Waals surface area contributed by atoms with Crippen molar-refractivity contribution in [2.45, 2.75) is 17.9 Å². The Morgan fingerprint density at radius 3 is 2.03 bits per heavy atom. The molecule has 3 aromatic carbocycles. The van der Waals surface area contributed by atoms with E-state index in [0.717, 1.165) is 0 Å². The number of hydrogen-bond acceptors (Lipinski definition) is 5. The van der Waals surface area contributed by atoms with E-state index in [9.17, 15) is 18.0 Å². The average molecular weight is 493 g/mol. The van der Waals surface area contributed by atoms with Crippen LogP contribution < -0.4 is 10.6 Å². The summed E-state index contributed by atoms with van der Waals surface area (Å²) in [4.78, 5) is 27.8. The second kappa shape index (κ2) is 10.7. The van der Waals surface area contributed by atoms with Crippen molar-refractivity contribution >= 4 is 33.2 Å². The van der Waals surface area contributed by atoms with Gasteiger partial charge in [0.15, 0.2) is 0 Å². The molecule has 0 spiro atoms. The minimum atomic E-state index is -3.59. The lowest BCUT2D eigenvalue weighted by atomic mass is 10.1. The van der Waals surface area contributed by atoms with Crippen molar-refractivity contribution in [1.82, 2.24) is 9.21 Å². The Balaban J connectivity index is 1.38. The number of anilines is 2. The number of nitrogens with zero attached hydrogens (tertiary/aromatic N) is 2. The van der Waals surface area contributed by atoms with Gasteiger partial charge in [-0.3, -0.25) is 9.59 Å². The van der Waals surface area contributed by atoms with Crippen LogP contribution >= 0.6 is 0 Å². The fraction of sp³-hybridized carbons (Fsp3) is 0.231. The molecule has 182 valence electrons. The van der Waals surface area contributed by atoms with Gasteiger partial charge in [0.2, 0.25) is 15.9 Å². The summed E-state index contributed by atoms with van der Waals surface area (Å²) in [6.45, 7) is 2.79. The van der Waals surface area contributed by atoms with E-state index in [4.69, 9.17) is 0 Å². The number of para-hydroxylation sites is 2. The summed E-state index contributed by atoms with van der Waals surface area (Å²) >= 11 is 0. The molecule has 1 heterocycles. The van der Waals surface area contributed by atoms with Crippen LogP contribution in [0.3, 0.4) is 0 Å². The Kier molecular flexibility index (Phi) is 7.48. The summed E-state index contributed by atoms with van der Waals surface area (Å²) in [6, 6.07) is 23.9. The predicted octanol–water partition coefficient (Wildman–Crippen LogP) is 3.27. The van der Waals surface area contributed by atoms with Crippen LogP contribution in [0.15, 0.2) is 89.8 Å². The molecule has 4 rings (SSSR count). The molecule has 9 heteroatoms. The number of carbonyl (C=O) groups is 2. The lowest BCUT2D eigenvalue weighted by Crippen LogP contribution is -2.53. The lowest BCUT2D eigenvalue weighted by Gasteiger charge is -2.35. The van der Waals surface area contributed by atoms with Gasteiger partial charge in [0.05, 0.1) is 10.5 Å². The minimum absolute atomic E-state index is 0.153. The monoisotopic (exact) mass is 492 g/mol. The molecule has 0 unspecified atom stereocenters. The van der Waals surface area contributed by atoms with Crippen molar-refractivity contribution < 1.29 is 18.0 Å². The first-order valence-electron chi connectivity index (χ1n) is 11.4. The zero-order valence-corrected chi connectivity index (χ0v) is 20.2. The molecule has 1 fully saturated rings. The number of nitrogens with one attached hydrogen (secondary N) is 2. The molecule has 2 N–H and O–H groups in total. The molecule has 35 heavy (non-hydrogen) atoms. The number of amides is 2. The summed E-state index contributed by atoms with van der Waals surface area (Å²) in [5.74, 6) is -0.432. The number of hydrogen-bond donors (Lipinski definition) is 2. The number of carbonyl (C=O) groups excluding carboxylic acids is 2. The Morgan fingerprint density at radius 1 is 0.800 bits per heavy atom. The van der Waals surface area contributed by atoms with Gasteiger partial charge in [-0.05, 0) is 43.3 Å². The number of sulfonamides is 1. The maximum atomic E-state index is 13.1. The molecule has 0 radical (unpaired) electrons. The van der Waals surface area contributed by atoms with Crippen LogP contribution in [-0.2, 0) is 14.8 Å². The summed E-state index contributed by atoms with van der Waals surface area (Å²) < 4.78 is 27.1. The van der Waals surface area contributed by atoms with E-state index in [1.165, 1.54) is 4.31 Å². The van der Waals surface area contributed by atoms with Crippen LogP contribution in [0.25, 0.3) is 0 Å². The van der Waals surface area contributed by atoms with Gasteiger partial charge in [0, 0.05) is 37.6 Å². The van der Waals surface area contributed by atoms with E-state index in [1.54, 1.807) is 78.6 Å². The van der Waals surface area contributed by atoms with E-state index < -0.39 is 16.1 Å². The van der Waals surface area contributed by atoms with Crippen LogP contribution in [0.4, 0.5) is 11.4 Å². The smallest absolute Gasteiger partial charge is 0.257 e. The van der Waals surface area contributed by atoms with E-state index in [1.807, 2.05) is 18.2 Å². The van der Waals surface area contributed by atoms with Gasteiger partial charge >= 0.3 is 0 Å². The molecule has 0 bridgehead atoms. The zero-order valence-electron chi connectivity index (χ0n) is 19.4. The molecule has 1 aliphatic heterocycles. The van der Waals surface area contributed by atoms with Gasteiger partial charge in [-0.1, -0.05) is 48.5 Å². The number of benzene rings is 3. The van der Waals surface area contributed by atoms with Crippen molar-refractivity contribution in [3.63, 3.8) is 0 Å². The molecule has 2 amide bonds. The van der Waals surface area contributed by atoms with Gasteiger partial charge in [-0.15, -0.1) is 0 Å². The Morgan fingerprint density at radius 2 is 1.37 bits per heavy atom. The summed E-state index contributed by atoms with van der Waals surface area (Å²) in [7, 11) is -3.59. The molecule has 1 saturated heterocycles. The number of piperazine rings is 1. The van der Waals surface area contributed by atoms with Crippen molar-refractivity contribution in [2.75, 3.05) is 36.8 Å². The summed E-state index contributed by atoms with van der Waals surface area (Å²) in [5, 5.41) is 6.02. The first-order chi connectivity index (χ1) is 16.9. The van der Waals surface area contributed by atoms with Crippen molar-refractivity contribution in [1.29, 1.82) is 0 Å². The minimum Gasteiger partial charge on any atom is -0.373 e. The van der Waals surface area contributed by atoms with Crippen LogP contribution in [0.2, 0.25) is 0 Å². The average Bonchev–Trinajstić information content (AvgIpc) is 2.89. The molecule has 8 nitrogen and oxygen atoms in total. The fourth-order valence-electron chi connectivity index (χ4n) is 3.99. The molecular formula is C26H28N4O4S. The van der Waals surface area contributed by atoms with Crippen LogP contribution in [0, 0.1) is 0 Å². The van der Waals surface area contributed by atoms with Crippen LogP contribution in [-0.4, -0.2) is 61.7 Å². The first-order valence-corrected chi connectivity index (χ1v) is 12.9. The van der Waals surface area contributed by atoms with Crippen molar-refractivity contribution in [3.8, 4) is 0 Å². The van der Waals surface area contributed by atoms with Gasteiger partial charge < -0.3 is 15.5 Å². The number of rotatable bonds is 7. The Labute approximate surface area is 205 Å². The molecular weight excluding hydrogens is 464 g/mol. The molecule has 3 aromatic rings. The molecule has 1 atom stereocenters. The van der Waals surface area contributed by atoms with Gasteiger partial charge in [0.25, 0.3) is 5.91 Å². The van der Waals surface area contributed by atoms with Crippen LogP contribution in [0.5, 0.6) is 0 Å². The zero-order chi connectivity index (χ0) is 24.8.